The van der Waals surface area contributed by atoms with Crippen molar-refractivity contribution in [3.8, 4) is 0 Å². The van der Waals surface area contributed by atoms with E-state index in [9.17, 15) is 5.11 Å². The van der Waals surface area contributed by atoms with E-state index in [1.807, 2.05) is 0 Å². The van der Waals surface area contributed by atoms with Crippen LogP contribution in [0.15, 0.2) is 11.6 Å². The third-order valence-corrected chi connectivity index (χ3v) is 9.39. The molecule has 0 aliphatic heterocycles. The fraction of sp³-hybridized carbons (Fsp3) is 0.909. The van der Waals surface area contributed by atoms with Gasteiger partial charge in [0.25, 0.3) is 0 Å². The molecule has 130 valence electrons. The van der Waals surface area contributed by atoms with Gasteiger partial charge in [0.1, 0.15) is 0 Å². The zero-order valence-corrected chi connectivity index (χ0v) is 15.7. The molecule has 0 aromatic carbocycles. The molecule has 0 radical (unpaired) electrons. The van der Waals surface area contributed by atoms with Gasteiger partial charge in [-0.3, -0.25) is 0 Å². The molecule has 1 unspecified atom stereocenters. The molecule has 0 aromatic rings. The van der Waals surface area contributed by atoms with Crippen molar-refractivity contribution < 1.29 is 5.11 Å². The lowest BCUT2D eigenvalue weighted by molar-refractivity contribution is -0.0696. The van der Waals surface area contributed by atoms with Crippen LogP contribution in [0.25, 0.3) is 0 Å². The van der Waals surface area contributed by atoms with Gasteiger partial charge in [-0.25, -0.2) is 0 Å². The van der Waals surface area contributed by atoms with Crippen LogP contribution in [0.3, 0.4) is 0 Å². The van der Waals surface area contributed by atoms with Gasteiger partial charge in [0, 0.05) is 0 Å². The van der Waals surface area contributed by atoms with E-state index in [1.54, 1.807) is 5.57 Å². The number of hydrogen-bond donors (Lipinski definition) is 1. The second kappa shape index (κ2) is 5.10. The van der Waals surface area contributed by atoms with E-state index in [1.165, 1.54) is 38.5 Å². The monoisotopic (exact) mass is 316 g/mol. The van der Waals surface area contributed by atoms with E-state index in [0.717, 1.165) is 42.9 Å². The second-order valence-corrected chi connectivity index (χ2v) is 10.0. The van der Waals surface area contributed by atoms with Crippen LogP contribution in [-0.4, -0.2) is 10.7 Å². The van der Waals surface area contributed by atoms with E-state index in [-0.39, 0.29) is 0 Å². The maximum Gasteiger partial charge on any atom is 0.0682 e. The Morgan fingerprint density at radius 3 is 2.61 bits per heavy atom. The highest BCUT2D eigenvalue weighted by molar-refractivity contribution is 5.27. The summed E-state index contributed by atoms with van der Waals surface area (Å²) in [6.45, 7) is 9.81. The maximum absolute atomic E-state index is 10.8. The quantitative estimate of drug-likeness (QED) is 0.613. The molecule has 4 aliphatic rings. The normalized spacial score (nSPS) is 55.6. The predicted molar refractivity (Wildman–Crippen MR) is 96.1 cm³/mol. The standard InChI is InChI=1S/C22H36O/c1-5-22(23)13-12-21(4)16(14-22)7-8-17-18-9-6-15(2)20(18,3)11-10-19(17)21/h7,15,17-19,23H,5-6,8-14H2,1-4H3/t15?,17-,18-,19-,20+,21-,22-/m0/s1. The van der Waals surface area contributed by atoms with E-state index in [0.29, 0.717) is 10.8 Å². The minimum Gasteiger partial charge on any atom is -0.390 e. The number of rotatable bonds is 1. The lowest BCUT2D eigenvalue weighted by atomic mass is 9.46. The minimum atomic E-state index is -0.413. The Morgan fingerprint density at radius 2 is 1.87 bits per heavy atom. The van der Waals surface area contributed by atoms with Crippen molar-refractivity contribution in [3.63, 3.8) is 0 Å². The molecule has 4 rings (SSSR count). The molecule has 1 heteroatoms. The van der Waals surface area contributed by atoms with Gasteiger partial charge in [-0.2, -0.15) is 0 Å². The Labute approximate surface area is 142 Å². The molecule has 4 aliphatic carbocycles. The summed E-state index contributed by atoms with van der Waals surface area (Å²) in [5.41, 5.74) is 2.20. The van der Waals surface area contributed by atoms with Crippen molar-refractivity contribution in [1.82, 2.24) is 0 Å². The highest BCUT2D eigenvalue weighted by Crippen LogP contribution is 2.66. The first kappa shape index (κ1) is 16.2. The highest BCUT2D eigenvalue weighted by Gasteiger charge is 2.58. The van der Waals surface area contributed by atoms with Crippen molar-refractivity contribution in [2.24, 2.45) is 34.5 Å². The molecule has 0 amide bonds. The second-order valence-electron chi connectivity index (χ2n) is 10.0. The van der Waals surface area contributed by atoms with Crippen LogP contribution in [0.4, 0.5) is 0 Å². The van der Waals surface area contributed by atoms with E-state index in [4.69, 9.17) is 0 Å². The van der Waals surface area contributed by atoms with Crippen molar-refractivity contribution in [2.45, 2.75) is 91.1 Å². The topological polar surface area (TPSA) is 20.2 Å². The largest absolute Gasteiger partial charge is 0.390 e. The first-order valence-electron chi connectivity index (χ1n) is 10.2. The molecule has 0 saturated heterocycles. The zero-order valence-electron chi connectivity index (χ0n) is 15.7. The molecule has 0 heterocycles. The fourth-order valence-corrected chi connectivity index (χ4v) is 7.28. The summed E-state index contributed by atoms with van der Waals surface area (Å²) in [6, 6.07) is 0. The van der Waals surface area contributed by atoms with E-state index >= 15 is 0 Å². The van der Waals surface area contributed by atoms with Gasteiger partial charge >= 0.3 is 0 Å². The molecular formula is C22H36O. The van der Waals surface area contributed by atoms with Crippen LogP contribution in [-0.2, 0) is 0 Å². The molecule has 3 saturated carbocycles. The van der Waals surface area contributed by atoms with E-state index < -0.39 is 5.60 Å². The Morgan fingerprint density at radius 1 is 1.09 bits per heavy atom. The van der Waals surface area contributed by atoms with Crippen molar-refractivity contribution in [3.05, 3.63) is 11.6 Å². The zero-order chi connectivity index (χ0) is 16.5. The van der Waals surface area contributed by atoms with Crippen LogP contribution < -0.4 is 0 Å². The third kappa shape index (κ3) is 2.14. The van der Waals surface area contributed by atoms with Crippen LogP contribution in [0.2, 0.25) is 0 Å². The van der Waals surface area contributed by atoms with Gasteiger partial charge in [-0.05, 0) is 92.3 Å². The molecule has 0 bridgehead atoms. The van der Waals surface area contributed by atoms with Crippen LogP contribution in [0.1, 0.15) is 85.5 Å². The Balaban J connectivity index is 1.65. The Kier molecular flexibility index (Phi) is 3.59. The minimum absolute atomic E-state index is 0.386. The number of hydrogen-bond acceptors (Lipinski definition) is 1. The van der Waals surface area contributed by atoms with Crippen molar-refractivity contribution >= 4 is 0 Å². The summed E-state index contributed by atoms with van der Waals surface area (Å²) < 4.78 is 0. The smallest absolute Gasteiger partial charge is 0.0682 e. The summed E-state index contributed by atoms with van der Waals surface area (Å²) in [7, 11) is 0. The molecule has 7 atom stereocenters. The van der Waals surface area contributed by atoms with Gasteiger partial charge in [0.05, 0.1) is 5.60 Å². The summed E-state index contributed by atoms with van der Waals surface area (Å²) in [4.78, 5) is 0. The Hall–Kier alpha value is -0.300. The summed E-state index contributed by atoms with van der Waals surface area (Å²) in [6.07, 6.45) is 13.8. The van der Waals surface area contributed by atoms with Crippen LogP contribution >= 0.6 is 0 Å². The van der Waals surface area contributed by atoms with Gasteiger partial charge in [-0.1, -0.05) is 39.3 Å². The van der Waals surface area contributed by atoms with Crippen molar-refractivity contribution in [2.75, 3.05) is 0 Å². The molecule has 1 N–H and O–H groups in total. The first-order valence-corrected chi connectivity index (χ1v) is 10.2. The Bertz CT molecular complexity index is 522. The number of allylic oxidation sites excluding steroid dienone is 1. The van der Waals surface area contributed by atoms with Gasteiger partial charge < -0.3 is 5.11 Å². The number of fused-ring (bicyclic) bond motifs is 5. The lowest BCUT2D eigenvalue weighted by Crippen LogP contribution is -2.51. The van der Waals surface area contributed by atoms with E-state index in [2.05, 4.69) is 33.8 Å². The molecule has 23 heavy (non-hydrogen) atoms. The van der Waals surface area contributed by atoms with Gasteiger partial charge in [0.15, 0.2) is 0 Å². The van der Waals surface area contributed by atoms with Crippen LogP contribution in [0.5, 0.6) is 0 Å². The average molecular weight is 317 g/mol. The fourth-order valence-electron chi connectivity index (χ4n) is 7.28. The summed E-state index contributed by atoms with van der Waals surface area (Å²) in [5.74, 6) is 3.67. The summed E-state index contributed by atoms with van der Waals surface area (Å²) >= 11 is 0. The van der Waals surface area contributed by atoms with Gasteiger partial charge in [0.2, 0.25) is 0 Å². The third-order valence-electron chi connectivity index (χ3n) is 9.39. The summed E-state index contributed by atoms with van der Waals surface area (Å²) in [5, 5.41) is 10.8. The maximum atomic E-state index is 10.8. The molecule has 0 aromatic heterocycles. The lowest BCUT2D eigenvalue weighted by Gasteiger charge is -2.59. The number of aliphatic hydroxyl groups is 1. The average Bonchev–Trinajstić information content (AvgIpc) is 2.84. The molecular weight excluding hydrogens is 280 g/mol. The van der Waals surface area contributed by atoms with Crippen LogP contribution in [0, 0.1) is 34.5 Å². The molecule has 3 fully saturated rings. The van der Waals surface area contributed by atoms with Crippen molar-refractivity contribution in [1.29, 1.82) is 0 Å². The SMILES string of the molecule is CC[C@]1(O)CC[C@@]2(C)C(=CC[C@@H]3[C@@H]2CC[C@]2(C)C(C)CC[C@@H]32)C1. The first-order chi connectivity index (χ1) is 10.8. The molecule has 0 spiro atoms. The van der Waals surface area contributed by atoms with Gasteiger partial charge in [-0.15, -0.1) is 0 Å². The predicted octanol–water partition coefficient (Wildman–Crippen LogP) is 5.73. The highest BCUT2D eigenvalue weighted by atomic mass is 16.3. The molecule has 1 nitrogen and oxygen atoms in total.